The van der Waals surface area contributed by atoms with E-state index in [-0.39, 0.29) is 23.6 Å². The second-order valence-electron chi connectivity index (χ2n) is 7.38. The number of aromatic carboxylic acids is 1. The minimum Gasteiger partial charge on any atom is -0.483 e. The maximum Gasteiger partial charge on any atom is 0.335 e. The highest BCUT2D eigenvalue weighted by molar-refractivity contribution is 5.88. The van der Waals surface area contributed by atoms with Gasteiger partial charge in [-0.2, -0.15) is 0 Å². The Morgan fingerprint density at radius 2 is 1.81 bits per heavy atom. The average molecular weight is 370 g/mol. The van der Waals surface area contributed by atoms with Crippen LogP contribution in [0.1, 0.15) is 42.3 Å². The first-order valence-electron chi connectivity index (χ1n) is 8.75. The van der Waals surface area contributed by atoms with Gasteiger partial charge in [0.05, 0.1) is 5.56 Å². The lowest BCUT2D eigenvalue weighted by atomic mass is 10.1. The molecule has 0 heterocycles. The van der Waals surface area contributed by atoms with E-state index in [9.17, 15) is 9.59 Å². The molecule has 0 aliphatic rings. The molecule has 144 valence electrons. The monoisotopic (exact) mass is 370 g/mol. The predicted octanol–water partition coefficient (Wildman–Crippen LogP) is 3.60. The van der Waals surface area contributed by atoms with Crippen LogP contribution in [0.4, 0.5) is 5.69 Å². The summed E-state index contributed by atoms with van der Waals surface area (Å²) in [5.74, 6) is -0.490. The van der Waals surface area contributed by atoms with Gasteiger partial charge in [0.15, 0.2) is 6.61 Å². The van der Waals surface area contributed by atoms with E-state index in [0.717, 1.165) is 16.8 Å². The molecule has 1 amide bonds. The summed E-state index contributed by atoms with van der Waals surface area (Å²) in [6.07, 6.45) is 0. The summed E-state index contributed by atoms with van der Waals surface area (Å²) in [6.45, 7) is 8.04. The Balaban J connectivity index is 2.02. The number of anilines is 1. The lowest BCUT2D eigenvalue weighted by Gasteiger charge is -2.21. The standard InChI is InChI=1S/C21H26N2O4/c1-14-11-15(20(25)26)9-10-17(14)22-12-16-7-5-6-8-18(16)27-13-19(24)23-21(2,3)4/h5-11,22H,12-13H2,1-4H3,(H,23,24)(H,25,26). The van der Waals surface area contributed by atoms with Crippen LogP contribution in [-0.2, 0) is 11.3 Å². The van der Waals surface area contributed by atoms with Crippen molar-refractivity contribution in [2.24, 2.45) is 0 Å². The van der Waals surface area contributed by atoms with Crippen LogP contribution in [0.25, 0.3) is 0 Å². The van der Waals surface area contributed by atoms with Crippen LogP contribution < -0.4 is 15.4 Å². The largest absolute Gasteiger partial charge is 0.483 e. The Kier molecular flexibility index (Phi) is 6.45. The maximum atomic E-state index is 12.0. The predicted molar refractivity (Wildman–Crippen MR) is 105 cm³/mol. The van der Waals surface area contributed by atoms with Crippen molar-refractivity contribution in [3.05, 3.63) is 59.2 Å². The molecule has 0 aliphatic heterocycles. The number of aryl methyl sites for hydroxylation is 1. The van der Waals surface area contributed by atoms with Crippen LogP contribution in [0, 0.1) is 6.92 Å². The molecule has 0 saturated heterocycles. The molecule has 0 fully saturated rings. The fraction of sp³-hybridized carbons (Fsp3) is 0.333. The summed E-state index contributed by atoms with van der Waals surface area (Å²) in [5.41, 5.74) is 2.55. The van der Waals surface area contributed by atoms with Crippen LogP contribution in [-0.4, -0.2) is 29.1 Å². The summed E-state index contributed by atoms with van der Waals surface area (Å²) in [5, 5.41) is 15.2. The van der Waals surface area contributed by atoms with E-state index in [4.69, 9.17) is 9.84 Å². The van der Waals surface area contributed by atoms with E-state index in [1.54, 1.807) is 18.2 Å². The fourth-order valence-electron chi connectivity index (χ4n) is 2.57. The minimum absolute atomic E-state index is 0.0549. The number of carboxylic acids is 1. The molecule has 0 spiro atoms. The molecule has 0 aromatic heterocycles. The number of hydrogen-bond acceptors (Lipinski definition) is 4. The molecule has 0 radical (unpaired) electrons. The number of carboxylic acid groups (broad SMARTS) is 1. The second-order valence-corrected chi connectivity index (χ2v) is 7.38. The second kappa shape index (κ2) is 8.58. The summed E-state index contributed by atoms with van der Waals surface area (Å²) in [7, 11) is 0. The summed E-state index contributed by atoms with van der Waals surface area (Å²) in [6, 6.07) is 12.4. The van der Waals surface area contributed by atoms with Gasteiger partial charge in [0.25, 0.3) is 5.91 Å². The summed E-state index contributed by atoms with van der Waals surface area (Å²) < 4.78 is 5.68. The van der Waals surface area contributed by atoms with E-state index >= 15 is 0 Å². The van der Waals surface area contributed by atoms with E-state index in [0.29, 0.717) is 12.3 Å². The Bertz CT molecular complexity index is 825. The van der Waals surface area contributed by atoms with Crippen molar-refractivity contribution in [2.75, 3.05) is 11.9 Å². The maximum absolute atomic E-state index is 12.0. The number of carbonyl (C=O) groups excluding carboxylic acids is 1. The van der Waals surface area contributed by atoms with Crippen LogP contribution >= 0.6 is 0 Å². The van der Waals surface area contributed by atoms with Crippen LogP contribution in [0.2, 0.25) is 0 Å². The highest BCUT2D eigenvalue weighted by atomic mass is 16.5. The molecule has 6 nitrogen and oxygen atoms in total. The first kappa shape index (κ1) is 20.3. The third kappa shape index (κ3) is 6.33. The van der Waals surface area contributed by atoms with Crippen molar-refractivity contribution in [3.8, 4) is 5.75 Å². The van der Waals surface area contributed by atoms with E-state index in [1.165, 1.54) is 0 Å². The van der Waals surface area contributed by atoms with Crippen molar-refractivity contribution in [2.45, 2.75) is 39.8 Å². The molecule has 2 aromatic carbocycles. The van der Waals surface area contributed by atoms with E-state index in [2.05, 4.69) is 10.6 Å². The number of rotatable bonds is 7. The van der Waals surface area contributed by atoms with Gasteiger partial charge < -0.3 is 20.5 Å². The van der Waals surface area contributed by atoms with Gasteiger partial charge in [0.1, 0.15) is 5.75 Å². The van der Waals surface area contributed by atoms with Gasteiger partial charge in [0.2, 0.25) is 0 Å². The van der Waals surface area contributed by atoms with Crippen LogP contribution in [0.15, 0.2) is 42.5 Å². The lowest BCUT2D eigenvalue weighted by Crippen LogP contribution is -2.43. The van der Waals surface area contributed by atoms with Gasteiger partial charge in [-0.15, -0.1) is 0 Å². The Hall–Kier alpha value is -3.02. The Morgan fingerprint density at radius 3 is 2.44 bits per heavy atom. The zero-order valence-corrected chi connectivity index (χ0v) is 16.1. The highest BCUT2D eigenvalue weighted by Crippen LogP contribution is 2.22. The molecular formula is C21H26N2O4. The normalized spacial score (nSPS) is 11.0. The Morgan fingerprint density at radius 1 is 1.11 bits per heavy atom. The molecular weight excluding hydrogens is 344 g/mol. The van der Waals surface area contributed by atoms with Gasteiger partial charge in [-0.3, -0.25) is 4.79 Å². The van der Waals surface area contributed by atoms with Gasteiger partial charge in [0, 0.05) is 23.3 Å². The zero-order valence-electron chi connectivity index (χ0n) is 16.1. The minimum atomic E-state index is -0.947. The quantitative estimate of drug-likeness (QED) is 0.693. The highest BCUT2D eigenvalue weighted by Gasteiger charge is 2.14. The molecule has 0 saturated carbocycles. The summed E-state index contributed by atoms with van der Waals surface area (Å²) >= 11 is 0. The first-order valence-corrected chi connectivity index (χ1v) is 8.75. The van der Waals surface area contributed by atoms with Crippen molar-refractivity contribution in [1.29, 1.82) is 0 Å². The smallest absolute Gasteiger partial charge is 0.335 e. The molecule has 0 atom stereocenters. The number of benzene rings is 2. The lowest BCUT2D eigenvalue weighted by molar-refractivity contribution is -0.124. The third-order valence-electron chi connectivity index (χ3n) is 3.79. The first-order chi connectivity index (χ1) is 12.7. The van der Waals surface area contributed by atoms with Gasteiger partial charge in [-0.25, -0.2) is 4.79 Å². The fourth-order valence-corrected chi connectivity index (χ4v) is 2.57. The third-order valence-corrected chi connectivity index (χ3v) is 3.79. The molecule has 2 rings (SSSR count). The van der Waals surface area contributed by atoms with Crippen molar-refractivity contribution >= 4 is 17.6 Å². The van der Waals surface area contributed by atoms with Gasteiger partial charge in [-0.05, 0) is 57.5 Å². The van der Waals surface area contributed by atoms with Gasteiger partial charge >= 0.3 is 5.97 Å². The summed E-state index contributed by atoms with van der Waals surface area (Å²) in [4.78, 5) is 23.0. The molecule has 0 bridgehead atoms. The molecule has 3 N–H and O–H groups in total. The van der Waals surface area contributed by atoms with Crippen molar-refractivity contribution in [1.82, 2.24) is 5.32 Å². The van der Waals surface area contributed by atoms with Crippen LogP contribution in [0.3, 0.4) is 0 Å². The number of nitrogens with one attached hydrogen (secondary N) is 2. The van der Waals surface area contributed by atoms with Gasteiger partial charge in [-0.1, -0.05) is 18.2 Å². The number of para-hydroxylation sites is 1. The number of carbonyl (C=O) groups is 2. The zero-order chi connectivity index (χ0) is 20.0. The Labute approximate surface area is 159 Å². The van der Waals surface area contributed by atoms with Crippen molar-refractivity contribution < 1.29 is 19.4 Å². The number of amides is 1. The molecule has 27 heavy (non-hydrogen) atoms. The topological polar surface area (TPSA) is 87.7 Å². The SMILES string of the molecule is Cc1cc(C(=O)O)ccc1NCc1ccccc1OCC(=O)NC(C)(C)C. The van der Waals surface area contributed by atoms with Crippen molar-refractivity contribution in [3.63, 3.8) is 0 Å². The number of ether oxygens (including phenoxy) is 1. The van der Waals surface area contributed by atoms with E-state index in [1.807, 2.05) is 52.0 Å². The molecule has 0 unspecified atom stereocenters. The number of hydrogen-bond donors (Lipinski definition) is 3. The van der Waals surface area contributed by atoms with Crippen LogP contribution in [0.5, 0.6) is 5.75 Å². The molecule has 0 aliphatic carbocycles. The van der Waals surface area contributed by atoms with E-state index < -0.39 is 5.97 Å². The average Bonchev–Trinajstić information content (AvgIpc) is 2.58. The molecule has 2 aromatic rings. The molecule has 6 heteroatoms.